The molecule has 6 heteroatoms. The molecule has 1 saturated carbocycles. The Kier molecular flexibility index (Phi) is 4.65. The summed E-state index contributed by atoms with van der Waals surface area (Å²) in [6, 6.07) is -0.645. The molecule has 1 aliphatic carbocycles. The van der Waals surface area contributed by atoms with Gasteiger partial charge in [0.15, 0.2) is 0 Å². The van der Waals surface area contributed by atoms with E-state index in [0.717, 1.165) is 19.3 Å². The van der Waals surface area contributed by atoms with Crippen LogP contribution in [0.4, 0.5) is 0 Å². The first kappa shape index (κ1) is 15.3. The van der Waals surface area contributed by atoms with Gasteiger partial charge in [-0.15, -0.1) is 0 Å². The minimum Gasteiger partial charge on any atom is -0.377 e. The normalized spacial score (nSPS) is 34.0. The van der Waals surface area contributed by atoms with Gasteiger partial charge in [0.25, 0.3) is 0 Å². The van der Waals surface area contributed by atoms with E-state index in [9.17, 15) is 9.59 Å². The Balaban J connectivity index is 2.15. The van der Waals surface area contributed by atoms with Crippen LogP contribution < -0.4 is 11.1 Å². The van der Waals surface area contributed by atoms with Gasteiger partial charge in [-0.2, -0.15) is 0 Å². The van der Waals surface area contributed by atoms with Crippen molar-refractivity contribution in [1.29, 1.82) is 0 Å². The van der Waals surface area contributed by atoms with Gasteiger partial charge >= 0.3 is 0 Å². The number of morpholine rings is 1. The standard InChI is InChI=1S/C14H25N3O3/c1-3-16-12(18)10-9-20-8-7-17(10)13(19)14(2)6-4-5-11(14)15/h10-11H,3-9,15H2,1-2H3,(H,16,18). The van der Waals surface area contributed by atoms with Gasteiger partial charge in [-0.1, -0.05) is 6.42 Å². The quantitative estimate of drug-likeness (QED) is 0.755. The zero-order chi connectivity index (χ0) is 14.8. The molecular weight excluding hydrogens is 258 g/mol. The van der Waals surface area contributed by atoms with Crippen LogP contribution >= 0.6 is 0 Å². The second-order valence-corrected chi connectivity index (χ2v) is 5.90. The molecule has 0 aromatic carbocycles. The third-order valence-electron chi connectivity index (χ3n) is 4.56. The molecule has 3 N–H and O–H groups in total. The van der Waals surface area contributed by atoms with Crippen LogP contribution in [0, 0.1) is 5.41 Å². The Morgan fingerprint density at radius 2 is 2.25 bits per heavy atom. The molecule has 2 aliphatic rings. The van der Waals surface area contributed by atoms with Crippen molar-refractivity contribution >= 4 is 11.8 Å². The second kappa shape index (κ2) is 6.10. The maximum Gasteiger partial charge on any atom is 0.245 e. The molecule has 0 aromatic rings. The molecule has 1 heterocycles. The Morgan fingerprint density at radius 1 is 1.50 bits per heavy atom. The first-order chi connectivity index (χ1) is 9.50. The lowest BCUT2D eigenvalue weighted by Crippen LogP contribution is -2.60. The largest absolute Gasteiger partial charge is 0.377 e. The number of ether oxygens (including phenoxy) is 1. The zero-order valence-electron chi connectivity index (χ0n) is 12.4. The van der Waals surface area contributed by atoms with Crippen LogP contribution in [-0.4, -0.2) is 55.1 Å². The van der Waals surface area contributed by atoms with Crippen LogP contribution in [0.25, 0.3) is 0 Å². The van der Waals surface area contributed by atoms with E-state index in [1.807, 2.05) is 13.8 Å². The van der Waals surface area contributed by atoms with E-state index in [-0.39, 0.29) is 24.5 Å². The van der Waals surface area contributed by atoms with Crippen LogP contribution in [0.15, 0.2) is 0 Å². The highest BCUT2D eigenvalue weighted by Crippen LogP contribution is 2.39. The molecule has 20 heavy (non-hydrogen) atoms. The van der Waals surface area contributed by atoms with E-state index < -0.39 is 11.5 Å². The molecule has 1 aliphatic heterocycles. The summed E-state index contributed by atoms with van der Waals surface area (Å²) in [5.41, 5.74) is 5.58. The molecule has 3 atom stereocenters. The highest BCUT2D eigenvalue weighted by molar-refractivity contribution is 5.90. The lowest BCUT2D eigenvalue weighted by atomic mass is 9.83. The van der Waals surface area contributed by atoms with E-state index in [1.165, 1.54) is 0 Å². The number of likely N-dealkylation sites (N-methyl/N-ethyl adjacent to an activating group) is 1. The number of hydrogen-bond acceptors (Lipinski definition) is 4. The average Bonchev–Trinajstić information content (AvgIpc) is 2.79. The summed E-state index contributed by atoms with van der Waals surface area (Å²) in [4.78, 5) is 26.6. The summed E-state index contributed by atoms with van der Waals surface area (Å²) in [5, 5.41) is 2.77. The molecule has 2 fully saturated rings. The third kappa shape index (κ3) is 2.67. The number of carbonyl (C=O) groups is 2. The molecule has 1 saturated heterocycles. The summed E-state index contributed by atoms with van der Waals surface area (Å²) in [6.45, 7) is 5.55. The van der Waals surface area contributed by atoms with E-state index >= 15 is 0 Å². The zero-order valence-corrected chi connectivity index (χ0v) is 12.4. The van der Waals surface area contributed by atoms with Crippen LogP contribution in [0.5, 0.6) is 0 Å². The van der Waals surface area contributed by atoms with E-state index in [0.29, 0.717) is 19.7 Å². The predicted octanol–water partition coefficient (Wildman–Crippen LogP) is -0.133. The second-order valence-electron chi connectivity index (χ2n) is 5.90. The minimum absolute atomic E-state index is 0.00190. The van der Waals surface area contributed by atoms with Crippen LogP contribution in [0.1, 0.15) is 33.1 Å². The molecule has 0 radical (unpaired) electrons. The van der Waals surface area contributed by atoms with Crippen molar-refractivity contribution in [2.45, 2.75) is 45.2 Å². The van der Waals surface area contributed by atoms with Crippen molar-refractivity contribution in [3.8, 4) is 0 Å². The number of nitrogens with one attached hydrogen (secondary N) is 1. The highest BCUT2D eigenvalue weighted by atomic mass is 16.5. The van der Waals surface area contributed by atoms with Gasteiger partial charge in [0.05, 0.1) is 18.6 Å². The van der Waals surface area contributed by atoms with Crippen molar-refractivity contribution in [2.24, 2.45) is 11.1 Å². The van der Waals surface area contributed by atoms with Gasteiger partial charge < -0.3 is 20.7 Å². The summed E-state index contributed by atoms with van der Waals surface area (Å²) in [5.74, 6) is -0.141. The van der Waals surface area contributed by atoms with Crippen molar-refractivity contribution in [3.05, 3.63) is 0 Å². The van der Waals surface area contributed by atoms with Crippen molar-refractivity contribution in [3.63, 3.8) is 0 Å². The third-order valence-corrected chi connectivity index (χ3v) is 4.56. The predicted molar refractivity (Wildman–Crippen MR) is 74.9 cm³/mol. The van der Waals surface area contributed by atoms with Gasteiger partial charge in [-0.25, -0.2) is 0 Å². The lowest BCUT2D eigenvalue weighted by Gasteiger charge is -2.40. The van der Waals surface area contributed by atoms with Crippen LogP contribution in [-0.2, 0) is 14.3 Å². The lowest BCUT2D eigenvalue weighted by molar-refractivity contribution is -0.156. The van der Waals surface area contributed by atoms with E-state index in [4.69, 9.17) is 10.5 Å². The van der Waals surface area contributed by atoms with Crippen molar-refractivity contribution in [1.82, 2.24) is 10.2 Å². The van der Waals surface area contributed by atoms with Crippen molar-refractivity contribution in [2.75, 3.05) is 26.3 Å². The van der Waals surface area contributed by atoms with Gasteiger partial charge in [0.1, 0.15) is 6.04 Å². The topological polar surface area (TPSA) is 84.7 Å². The average molecular weight is 283 g/mol. The molecule has 114 valence electrons. The fraction of sp³-hybridized carbons (Fsp3) is 0.857. The minimum atomic E-state index is -0.540. The van der Waals surface area contributed by atoms with Gasteiger partial charge in [0.2, 0.25) is 11.8 Å². The summed E-state index contributed by atoms with van der Waals surface area (Å²) < 4.78 is 5.37. The molecule has 0 spiro atoms. The number of amides is 2. The van der Waals surface area contributed by atoms with Gasteiger partial charge in [-0.05, 0) is 26.7 Å². The Hall–Kier alpha value is -1.14. The monoisotopic (exact) mass is 283 g/mol. The first-order valence-electron chi connectivity index (χ1n) is 7.43. The maximum atomic E-state index is 12.9. The molecular formula is C14H25N3O3. The molecule has 2 amide bonds. The Bertz CT molecular complexity index is 388. The Morgan fingerprint density at radius 3 is 2.85 bits per heavy atom. The molecule has 0 bridgehead atoms. The van der Waals surface area contributed by atoms with Gasteiger partial charge in [-0.3, -0.25) is 9.59 Å². The first-order valence-corrected chi connectivity index (χ1v) is 7.43. The Labute approximate surface area is 120 Å². The molecule has 2 rings (SSSR count). The highest BCUT2D eigenvalue weighted by Gasteiger charge is 2.47. The number of hydrogen-bond donors (Lipinski definition) is 2. The van der Waals surface area contributed by atoms with Crippen molar-refractivity contribution < 1.29 is 14.3 Å². The SMILES string of the molecule is CCNC(=O)C1COCCN1C(=O)C1(C)CCCC1N. The number of rotatable bonds is 3. The number of nitrogens with zero attached hydrogens (tertiary/aromatic N) is 1. The molecule has 3 unspecified atom stereocenters. The molecule has 6 nitrogen and oxygen atoms in total. The summed E-state index contributed by atoms with van der Waals surface area (Å²) >= 11 is 0. The van der Waals surface area contributed by atoms with E-state index in [1.54, 1.807) is 4.90 Å². The van der Waals surface area contributed by atoms with Crippen LogP contribution in [0.3, 0.4) is 0 Å². The smallest absolute Gasteiger partial charge is 0.245 e. The fourth-order valence-electron chi connectivity index (χ4n) is 3.14. The number of nitrogens with two attached hydrogens (primary N) is 1. The summed E-state index contributed by atoms with van der Waals surface area (Å²) in [6.07, 6.45) is 2.64. The van der Waals surface area contributed by atoms with Gasteiger partial charge in [0, 0.05) is 19.1 Å². The number of carbonyl (C=O) groups excluding carboxylic acids is 2. The van der Waals surface area contributed by atoms with Crippen LogP contribution in [0.2, 0.25) is 0 Å². The maximum absolute atomic E-state index is 12.9. The summed E-state index contributed by atoms with van der Waals surface area (Å²) in [7, 11) is 0. The molecule has 0 aromatic heterocycles. The van der Waals surface area contributed by atoms with E-state index in [2.05, 4.69) is 5.32 Å². The fourth-order valence-corrected chi connectivity index (χ4v) is 3.14.